The van der Waals surface area contributed by atoms with Crippen molar-refractivity contribution in [3.8, 4) is 17.4 Å². The maximum atomic E-state index is 12.4. The van der Waals surface area contributed by atoms with E-state index in [9.17, 15) is 4.79 Å². The molecule has 0 unspecified atom stereocenters. The van der Waals surface area contributed by atoms with Crippen LogP contribution in [0.1, 0.15) is 23.7 Å². The first-order valence-electron chi connectivity index (χ1n) is 7.78. The van der Waals surface area contributed by atoms with Crippen LogP contribution in [0.4, 0.5) is 0 Å². The summed E-state index contributed by atoms with van der Waals surface area (Å²) >= 11 is 1.28. The third kappa shape index (κ3) is 4.17. The smallest absolute Gasteiger partial charge is 0.217 e. The molecule has 24 heavy (non-hydrogen) atoms. The van der Waals surface area contributed by atoms with E-state index >= 15 is 0 Å². The Morgan fingerprint density at radius 3 is 2.92 bits per heavy atom. The summed E-state index contributed by atoms with van der Waals surface area (Å²) in [5, 5.41) is 0.523. The van der Waals surface area contributed by atoms with Crippen molar-refractivity contribution >= 4 is 17.5 Å². The monoisotopic (exact) mass is 346 g/mol. The first-order valence-corrected chi connectivity index (χ1v) is 8.76. The molecule has 1 aliphatic rings. The van der Waals surface area contributed by atoms with E-state index < -0.39 is 0 Å². The van der Waals surface area contributed by atoms with Crippen molar-refractivity contribution in [2.24, 2.45) is 0 Å². The average Bonchev–Trinajstić information content (AvgIpc) is 2.64. The zero-order chi connectivity index (χ0) is 16.8. The minimum absolute atomic E-state index is 0.0135. The molecular weight excluding hydrogens is 328 g/mol. The fourth-order valence-electron chi connectivity index (χ4n) is 2.11. The molecule has 7 heteroatoms. The third-order valence-electron chi connectivity index (χ3n) is 3.26. The van der Waals surface area contributed by atoms with Crippen molar-refractivity contribution in [3.63, 3.8) is 0 Å². The number of ether oxygens (including phenoxy) is 3. The van der Waals surface area contributed by atoms with Crippen LogP contribution in [-0.4, -0.2) is 41.3 Å². The van der Waals surface area contributed by atoms with Gasteiger partial charge in [-0.05, 0) is 24.6 Å². The minimum atomic E-state index is -0.0135. The lowest BCUT2D eigenvalue weighted by atomic mass is 10.1. The molecule has 2 heterocycles. The molecule has 1 aromatic carbocycles. The lowest BCUT2D eigenvalue weighted by Crippen LogP contribution is -2.16. The quantitative estimate of drug-likeness (QED) is 0.433. The number of nitrogens with zero attached hydrogens (tertiary/aromatic N) is 2. The summed E-state index contributed by atoms with van der Waals surface area (Å²) in [6, 6.07) is 6.95. The van der Waals surface area contributed by atoms with Gasteiger partial charge in [-0.25, -0.2) is 4.98 Å². The van der Waals surface area contributed by atoms with Gasteiger partial charge in [-0.3, -0.25) is 4.79 Å². The van der Waals surface area contributed by atoms with Crippen LogP contribution in [0.25, 0.3) is 0 Å². The molecule has 0 bridgehead atoms. The maximum Gasteiger partial charge on any atom is 0.217 e. The van der Waals surface area contributed by atoms with E-state index in [0.29, 0.717) is 47.9 Å². The molecule has 0 atom stereocenters. The van der Waals surface area contributed by atoms with Gasteiger partial charge >= 0.3 is 0 Å². The van der Waals surface area contributed by atoms with Crippen LogP contribution in [0.5, 0.6) is 17.4 Å². The lowest BCUT2D eigenvalue weighted by molar-refractivity contribution is 0.102. The highest BCUT2D eigenvalue weighted by atomic mass is 32.2. The van der Waals surface area contributed by atoms with Gasteiger partial charge in [0.15, 0.2) is 22.4 Å². The van der Waals surface area contributed by atoms with Crippen LogP contribution in [0.2, 0.25) is 0 Å². The summed E-state index contributed by atoms with van der Waals surface area (Å²) in [5.74, 6) is 2.05. The Labute approximate surface area is 144 Å². The van der Waals surface area contributed by atoms with Crippen LogP contribution >= 0.6 is 11.8 Å². The van der Waals surface area contributed by atoms with Crippen LogP contribution < -0.4 is 14.2 Å². The summed E-state index contributed by atoms with van der Waals surface area (Å²) < 4.78 is 16.4. The second-order valence-corrected chi connectivity index (χ2v) is 6.04. The van der Waals surface area contributed by atoms with Crippen molar-refractivity contribution in [1.29, 1.82) is 0 Å². The Balaban J connectivity index is 1.61. The topological polar surface area (TPSA) is 70.5 Å². The Morgan fingerprint density at radius 2 is 2.08 bits per heavy atom. The second-order valence-electron chi connectivity index (χ2n) is 5.10. The Bertz CT molecular complexity index is 723. The van der Waals surface area contributed by atoms with Gasteiger partial charge in [0.2, 0.25) is 5.88 Å². The van der Waals surface area contributed by atoms with E-state index in [1.54, 1.807) is 30.5 Å². The predicted molar refractivity (Wildman–Crippen MR) is 90.3 cm³/mol. The number of fused-ring (bicyclic) bond motifs is 1. The van der Waals surface area contributed by atoms with Gasteiger partial charge < -0.3 is 14.2 Å². The summed E-state index contributed by atoms with van der Waals surface area (Å²) in [7, 11) is 0. The Morgan fingerprint density at radius 1 is 1.25 bits per heavy atom. The maximum absolute atomic E-state index is 12.4. The number of hydrogen-bond donors (Lipinski definition) is 0. The number of thioether (sulfide) groups is 1. The number of hydrogen-bond acceptors (Lipinski definition) is 7. The standard InChI is InChI=1S/C17H18N2O4S/c1-2-7-23-16-5-6-18-17(19-16)24-11-13(20)12-3-4-14-15(10-12)22-9-8-21-14/h3-6,10H,2,7-9,11H2,1H3. The van der Waals surface area contributed by atoms with Gasteiger partial charge in [-0.2, -0.15) is 4.98 Å². The zero-order valence-corrected chi connectivity index (χ0v) is 14.2. The number of benzene rings is 1. The van der Waals surface area contributed by atoms with Gasteiger partial charge in [0.05, 0.1) is 12.4 Å². The third-order valence-corrected chi connectivity index (χ3v) is 4.12. The van der Waals surface area contributed by atoms with Crippen molar-refractivity contribution < 1.29 is 19.0 Å². The minimum Gasteiger partial charge on any atom is -0.486 e. The summed E-state index contributed by atoms with van der Waals surface area (Å²) in [6.45, 7) is 3.67. The van der Waals surface area contributed by atoms with Crippen molar-refractivity contribution in [1.82, 2.24) is 9.97 Å². The SMILES string of the molecule is CCCOc1ccnc(SCC(=O)c2ccc3c(c2)OCCO3)n1. The molecule has 0 fully saturated rings. The predicted octanol–water partition coefficient (Wildman–Crippen LogP) is 3.01. The Hall–Kier alpha value is -2.28. The van der Waals surface area contributed by atoms with E-state index in [4.69, 9.17) is 14.2 Å². The number of rotatable bonds is 7. The average molecular weight is 346 g/mol. The number of carbonyl (C=O) groups excluding carboxylic acids is 1. The fourth-order valence-corrected chi connectivity index (χ4v) is 2.83. The van der Waals surface area contributed by atoms with E-state index in [0.717, 1.165) is 6.42 Å². The highest BCUT2D eigenvalue weighted by Crippen LogP contribution is 2.31. The molecule has 1 aromatic heterocycles. The van der Waals surface area contributed by atoms with Crippen molar-refractivity contribution in [2.75, 3.05) is 25.6 Å². The highest BCUT2D eigenvalue weighted by Gasteiger charge is 2.15. The lowest BCUT2D eigenvalue weighted by Gasteiger charge is -2.18. The summed E-state index contributed by atoms with van der Waals surface area (Å²) in [6.07, 6.45) is 2.55. The largest absolute Gasteiger partial charge is 0.486 e. The van der Waals surface area contributed by atoms with Crippen LogP contribution in [0.3, 0.4) is 0 Å². The van der Waals surface area contributed by atoms with E-state index in [-0.39, 0.29) is 11.5 Å². The zero-order valence-electron chi connectivity index (χ0n) is 13.4. The van der Waals surface area contributed by atoms with Crippen molar-refractivity contribution in [2.45, 2.75) is 18.5 Å². The summed E-state index contributed by atoms with van der Waals surface area (Å²) in [4.78, 5) is 20.8. The number of carbonyl (C=O) groups is 1. The molecule has 1 aliphatic heterocycles. The van der Waals surface area contributed by atoms with Gasteiger partial charge in [-0.15, -0.1) is 0 Å². The number of ketones is 1. The molecule has 0 spiro atoms. The molecule has 0 amide bonds. The van der Waals surface area contributed by atoms with Gasteiger partial charge in [-0.1, -0.05) is 18.7 Å². The van der Waals surface area contributed by atoms with E-state index in [2.05, 4.69) is 9.97 Å². The van der Waals surface area contributed by atoms with Gasteiger partial charge in [0.1, 0.15) is 13.2 Å². The van der Waals surface area contributed by atoms with Gasteiger partial charge in [0.25, 0.3) is 0 Å². The summed E-state index contributed by atoms with van der Waals surface area (Å²) in [5.41, 5.74) is 0.588. The number of aromatic nitrogens is 2. The molecular formula is C17H18N2O4S. The molecule has 6 nitrogen and oxygen atoms in total. The molecule has 126 valence electrons. The van der Waals surface area contributed by atoms with Crippen molar-refractivity contribution in [3.05, 3.63) is 36.0 Å². The molecule has 0 aliphatic carbocycles. The second kappa shape index (κ2) is 8.01. The van der Waals surface area contributed by atoms with Crippen LogP contribution in [0, 0.1) is 0 Å². The highest BCUT2D eigenvalue weighted by molar-refractivity contribution is 7.99. The van der Waals surface area contributed by atoms with Crippen LogP contribution in [0.15, 0.2) is 35.6 Å². The molecule has 2 aromatic rings. The molecule has 0 saturated heterocycles. The van der Waals surface area contributed by atoms with Gasteiger partial charge in [0, 0.05) is 17.8 Å². The fraction of sp³-hybridized carbons (Fsp3) is 0.353. The normalized spacial score (nSPS) is 12.7. The molecule has 3 rings (SSSR count). The molecule has 0 N–H and O–H groups in total. The molecule has 0 saturated carbocycles. The molecule has 0 radical (unpaired) electrons. The van der Waals surface area contributed by atoms with E-state index in [1.165, 1.54) is 11.8 Å². The van der Waals surface area contributed by atoms with Crippen LogP contribution in [-0.2, 0) is 0 Å². The Kier molecular flexibility index (Phi) is 5.53. The van der Waals surface area contributed by atoms with E-state index in [1.807, 2.05) is 6.92 Å². The first-order chi connectivity index (χ1) is 11.8. The first kappa shape index (κ1) is 16.6. The number of Topliss-reactive ketones (excluding diaryl/α,β-unsaturated/α-hetero) is 1.